The number of piperidine rings is 1. The third-order valence-corrected chi connectivity index (χ3v) is 5.33. The maximum Gasteiger partial charge on any atom is 0.254 e. The summed E-state index contributed by atoms with van der Waals surface area (Å²) in [7, 11) is 0. The molecule has 0 spiro atoms. The van der Waals surface area contributed by atoms with Crippen LogP contribution in [0.25, 0.3) is 0 Å². The second-order valence-electron chi connectivity index (χ2n) is 7.52. The largest absolute Gasteiger partial charge is 0.370 e. The van der Waals surface area contributed by atoms with Crippen molar-refractivity contribution in [2.75, 3.05) is 18.4 Å². The number of nitrogens with two attached hydrogens (primary N) is 1. The van der Waals surface area contributed by atoms with Crippen molar-refractivity contribution >= 4 is 29.4 Å². The third-order valence-electron chi connectivity index (χ3n) is 5.33. The summed E-state index contributed by atoms with van der Waals surface area (Å²) in [6.07, 6.45) is 6.26. The van der Waals surface area contributed by atoms with Crippen molar-refractivity contribution in [3.8, 4) is 0 Å². The maximum absolute atomic E-state index is 12.9. The van der Waals surface area contributed by atoms with Crippen LogP contribution in [0.1, 0.15) is 42.5 Å². The highest BCUT2D eigenvalue weighted by Crippen LogP contribution is 2.17. The molecule has 2 heterocycles. The monoisotopic (exact) mass is 412 g/mol. The number of hydrogen-bond donors (Lipinski definition) is 5. The Morgan fingerprint density at radius 2 is 1.90 bits per heavy atom. The van der Waals surface area contributed by atoms with Gasteiger partial charge in [-0.3, -0.25) is 19.8 Å². The molecule has 160 valence electrons. The van der Waals surface area contributed by atoms with Crippen molar-refractivity contribution < 1.29 is 14.4 Å². The summed E-state index contributed by atoms with van der Waals surface area (Å²) in [6, 6.07) is 6.01. The molecule has 3 rings (SSSR count). The molecule has 30 heavy (non-hydrogen) atoms. The Bertz CT molecular complexity index is 845. The molecule has 0 radical (unpaired) electrons. The second-order valence-corrected chi connectivity index (χ2v) is 7.52. The number of guanidine groups is 1. The SMILES string of the molecule is N=C(N)N1CCC(NC(=O)[C@@H]2C/C=C/CCC(=O)Nc3ccccc3C(=O)N2)CC1. The van der Waals surface area contributed by atoms with E-state index in [1.54, 1.807) is 29.2 Å². The summed E-state index contributed by atoms with van der Waals surface area (Å²) in [5.74, 6) is -0.770. The Hall–Kier alpha value is -3.36. The number of hydrogen-bond acceptors (Lipinski definition) is 4. The number of allylic oxidation sites excluding steroid dienone is 1. The number of fused-ring (bicyclic) bond motifs is 1. The number of carbonyl (C=O) groups is 3. The minimum absolute atomic E-state index is 0.0260. The number of para-hydroxylation sites is 1. The molecule has 9 nitrogen and oxygen atoms in total. The van der Waals surface area contributed by atoms with Crippen LogP contribution in [-0.2, 0) is 9.59 Å². The van der Waals surface area contributed by atoms with Gasteiger partial charge in [-0.05, 0) is 37.8 Å². The molecule has 6 N–H and O–H groups in total. The van der Waals surface area contributed by atoms with E-state index in [4.69, 9.17) is 11.1 Å². The fourth-order valence-electron chi connectivity index (χ4n) is 3.60. The van der Waals surface area contributed by atoms with Gasteiger partial charge in [0.15, 0.2) is 5.96 Å². The number of nitrogens with zero attached hydrogens (tertiary/aromatic N) is 1. The van der Waals surface area contributed by atoms with Gasteiger partial charge in [-0.1, -0.05) is 24.3 Å². The lowest BCUT2D eigenvalue weighted by molar-refractivity contribution is -0.124. The minimum atomic E-state index is -0.720. The zero-order valence-corrected chi connectivity index (χ0v) is 16.8. The Morgan fingerprint density at radius 3 is 2.63 bits per heavy atom. The van der Waals surface area contributed by atoms with Gasteiger partial charge in [0.05, 0.1) is 11.3 Å². The average molecular weight is 412 g/mol. The third kappa shape index (κ3) is 5.59. The Labute approximate surface area is 175 Å². The lowest BCUT2D eigenvalue weighted by atomic mass is 10.0. The van der Waals surface area contributed by atoms with Crippen molar-refractivity contribution in [2.45, 2.75) is 44.2 Å². The molecule has 2 aliphatic heterocycles. The molecule has 3 amide bonds. The van der Waals surface area contributed by atoms with Crippen molar-refractivity contribution in [2.24, 2.45) is 5.73 Å². The van der Waals surface area contributed by atoms with E-state index in [1.807, 2.05) is 12.2 Å². The number of anilines is 1. The standard InChI is InChI=1S/C21H28N6O3/c22-21(23)27-12-10-14(11-13-27)24-20(30)17-8-2-1-3-9-18(28)25-16-7-5-4-6-15(16)19(29)26-17/h1-2,4-7,14,17H,3,8-13H2,(H3,22,23)(H,24,30)(H,25,28)(H,26,29)/b2-1+/t17-/m0/s1. The summed E-state index contributed by atoms with van der Waals surface area (Å²) in [5.41, 5.74) is 6.27. The van der Waals surface area contributed by atoms with E-state index >= 15 is 0 Å². The first kappa shape index (κ1) is 21.4. The van der Waals surface area contributed by atoms with Crippen molar-refractivity contribution in [1.82, 2.24) is 15.5 Å². The normalized spacial score (nSPS) is 21.9. The molecule has 1 atom stereocenters. The van der Waals surface area contributed by atoms with Crippen LogP contribution in [0.15, 0.2) is 36.4 Å². The van der Waals surface area contributed by atoms with Gasteiger partial charge in [-0.2, -0.15) is 0 Å². The lowest BCUT2D eigenvalue weighted by Crippen LogP contribution is -2.53. The first-order chi connectivity index (χ1) is 14.4. The number of benzene rings is 1. The van der Waals surface area contributed by atoms with E-state index in [0.717, 1.165) is 0 Å². The van der Waals surface area contributed by atoms with E-state index in [2.05, 4.69) is 16.0 Å². The fraction of sp³-hybridized carbons (Fsp3) is 0.429. The summed E-state index contributed by atoms with van der Waals surface area (Å²) in [6.45, 7) is 1.23. The lowest BCUT2D eigenvalue weighted by Gasteiger charge is -2.33. The zero-order chi connectivity index (χ0) is 21.5. The summed E-state index contributed by atoms with van der Waals surface area (Å²) in [5, 5.41) is 16.1. The van der Waals surface area contributed by atoms with Crippen LogP contribution in [0.5, 0.6) is 0 Å². The number of rotatable bonds is 2. The first-order valence-corrected chi connectivity index (χ1v) is 10.2. The molecule has 1 saturated heterocycles. The molecule has 1 fully saturated rings. The molecule has 1 aromatic carbocycles. The number of nitrogens with one attached hydrogen (secondary N) is 4. The molecule has 0 unspecified atom stereocenters. The van der Waals surface area contributed by atoms with Gasteiger partial charge in [-0.15, -0.1) is 0 Å². The van der Waals surface area contributed by atoms with E-state index in [-0.39, 0.29) is 23.8 Å². The number of amides is 3. The van der Waals surface area contributed by atoms with Crippen LogP contribution in [0.2, 0.25) is 0 Å². The Kier molecular flexibility index (Phi) is 7.05. The van der Waals surface area contributed by atoms with Crippen molar-refractivity contribution in [1.29, 1.82) is 5.41 Å². The predicted octanol–water partition coefficient (Wildman–Crippen LogP) is 0.938. The van der Waals surface area contributed by atoms with E-state index in [1.165, 1.54) is 0 Å². The number of likely N-dealkylation sites (tertiary alicyclic amines) is 1. The van der Waals surface area contributed by atoms with Gasteiger partial charge >= 0.3 is 0 Å². The highest BCUT2D eigenvalue weighted by Gasteiger charge is 2.26. The van der Waals surface area contributed by atoms with Gasteiger partial charge in [0.25, 0.3) is 5.91 Å². The molecule has 0 bridgehead atoms. The molecule has 2 aliphatic rings. The van der Waals surface area contributed by atoms with Gasteiger partial charge in [0, 0.05) is 25.6 Å². The molecule has 0 aliphatic carbocycles. The van der Waals surface area contributed by atoms with Gasteiger partial charge < -0.3 is 26.6 Å². The highest BCUT2D eigenvalue weighted by molar-refractivity contribution is 6.05. The summed E-state index contributed by atoms with van der Waals surface area (Å²) < 4.78 is 0. The Morgan fingerprint density at radius 1 is 1.17 bits per heavy atom. The van der Waals surface area contributed by atoms with Crippen molar-refractivity contribution in [3.05, 3.63) is 42.0 Å². The average Bonchev–Trinajstić information content (AvgIpc) is 2.72. The van der Waals surface area contributed by atoms with Crippen molar-refractivity contribution in [3.63, 3.8) is 0 Å². The minimum Gasteiger partial charge on any atom is -0.370 e. The van der Waals surface area contributed by atoms with Crippen LogP contribution in [0.3, 0.4) is 0 Å². The number of carbonyl (C=O) groups excluding carboxylic acids is 3. The zero-order valence-electron chi connectivity index (χ0n) is 16.8. The van der Waals surface area contributed by atoms with Crippen LogP contribution < -0.4 is 21.7 Å². The van der Waals surface area contributed by atoms with E-state index < -0.39 is 11.9 Å². The van der Waals surface area contributed by atoms with Crippen LogP contribution in [-0.4, -0.2) is 53.8 Å². The quantitative estimate of drug-likeness (QED) is 0.279. The second kappa shape index (κ2) is 9.91. The first-order valence-electron chi connectivity index (χ1n) is 10.2. The predicted molar refractivity (Wildman–Crippen MR) is 114 cm³/mol. The maximum atomic E-state index is 12.9. The van der Waals surface area contributed by atoms with Gasteiger partial charge in [0.1, 0.15) is 6.04 Å². The van der Waals surface area contributed by atoms with E-state index in [0.29, 0.717) is 56.4 Å². The highest BCUT2D eigenvalue weighted by atomic mass is 16.2. The summed E-state index contributed by atoms with van der Waals surface area (Å²) >= 11 is 0. The fourth-order valence-corrected chi connectivity index (χ4v) is 3.60. The molecular formula is C21H28N6O3. The molecule has 1 aromatic rings. The van der Waals surface area contributed by atoms with E-state index in [9.17, 15) is 14.4 Å². The summed E-state index contributed by atoms with van der Waals surface area (Å²) in [4.78, 5) is 39.6. The molecular weight excluding hydrogens is 384 g/mol. The van der Waals surface area contributed by atoms with Crippen LogP contribution in [0.4, 0.5) is 5.69 Å². The smallest absolute Gasteiger partial charge is 0.254 e. The molecule has 0 saturated carbocycles. The molecule has 9 heteroatoms. The Balaban J connectivity index is 1.70. The van der Waals surface area contributed by atoms with Gasteiger partial charge in [0.2, 0.25) is 11.8 Å². The molecule has 0 aromatic heterocycles. The topological polar surface area (TPSA) is 140 Å². The van der Waals surface area contributed by atoms with Gasteiger partial charge in [-0.25, -0.2) is 0 Å². The van der Waals surface area contributed by atoms with Crippen LogP contribution in [0, 0.1) is 5.41 Å². The van der Waals surface area contributed by atoms with Crippen LogP contribution >= 0.6 is 0 Å².